The zero-order valence-electron chi connectivity index (χ0n) is 11.4. The van der Waals surface area contributed by atoms with Crippen LogP contribution in [0.25, 0.3) is 5.70 Å². The molecule has 118 valence electrons. The zero-order valence-corrected chi connectivity index (χ0v) is 12.2. The summed E-state index contributed by atoms with van der Waals surface area (Å²) in [6.07, 6.45) is 4.53. The molecule has 2 aliphatic rings. The van der Waals surface area contributed by atoms with Gasteiger partial charge in [-0.05, 0) is 13.0 Å². The Labute approximate surface area is 125 Å². The SMILES string of the molecule is CC(=O)c1cnn(C2=CC3CN(C2)C(=O)N3OS(=O)(=O)O)c1. The Morgan fingerprint density at radius 1 is 1.50 bits per heavy atom. The topological polar surface area (TPSA) is 122 Å². The van der Waals surface area contributed by atoms with Gasteiger partial charge in [0.1, 0.15) is 6.04 Å². The molecule has 0 saturated carbocycles. The molecule has 3 heterocycles. The number of amides is 2. The second kappa shape index (κ2) is 4.90. The fourth-order valence-corrected chi connectivity index (χ4v) is 2.76. The molecule has 0 radical (unpaired) electrons. The molecule has 1 unspecified atom stereocenters. The number of urea groups is 1. The van der Waals surface area contributed by atoms with Crippen molar-refractivity contribution < 1.29 is 26.8 Å². The highest BCUT2D eigenvalue weighted by atomic mass is 32.3. The summed E-state index contributed by atoms with van der Waals surface area (Å²) in [5.74, 6) is -0.140. The van der Waals surface area contributed by atoms with Crippen molar-refractivity contribution >= 4 is 27.9 Å². The van der Waals surface area contributed by atoms with Gasteiger partial charge in [-0.2, -0.15) is 18.6 Å². The number of fused-ring (bicyclic) bond motifs is 2. The first kappa shape index (κ1) is 14.7. The quantitative estimate of drug-likeness (QED) is 0.599. The first-order valence-corrected chi connectivity index (χ1v) is 7.63. The minimum absolute atomic E-state index is 0.140. The van der Waals surface area contributed by atoms with Crippen LogP contribution in [0.15, 0.2) is 18.5 Å². The Kier molecular flexibility index (Phi) is 3.27. The molecule has 1 saturated heterocycles. The van der Waals surface area contributed by atoms with E-state index < -0.39 is 22.5 Å². The van der Waals surface area contributed by atoms with Crippen LogP contribution in [0.2, 0.25) is 0 Å². The van der Waals surface area contributed by atoms with E-state index in [1.807, 2.05) is 0 Å². The second-order valence-electron chi connectivity index (χ2n) is 4.95. The van der Waals surface area contributed by atoms with E-state index in [-0.39, 0.29) is 18.9 Å². The fourth-order valence-electron chi connectivity index (χ4n) is 2.38. The van der Waals surface area contributed by atoms with Crippen LogP contribution in [0.1, 0.15) is 17.3 Å². The van der Waals surface area contributed by atoms with E-state index in [0.29, 0.717) is 16.3 Å². The van der Waals surface area contributed by atoms with Crippen LogP contribution in [0, 0.1) is 0 Å². The molecule has 1 atom stereocenters. The van der Waals surface area contributed by atoms with Gasteiger partial charge in [0.05, 0.1) is 24.0 Å². The summed E-state index contributed by atoms with van der Waals surface area (Å²) in [5.41, 5.74) is 1.02. The van der Waals surface area contributed by atoms with Crippen molar-refractivity contribution in [1.82, 2.24) is 19.7 Å². The molecule has 3 rings (SSSR count). The Morgan fingerprint density at radius 2 is 2.23 bits per heavy atom. The van der Waals surface area contributed by atoms with Gasteiger partial charge >= 0.3 is 16.4 Å². The van der Waals surface area contributed by atoms with Gasteiger partial charge in [0.2, 0.25) is 0 Å². The normalized spacial score (nSPS) is 21.3. The Bertz CT molecular complexity index is 782. The number of nitrogens with zero attached hydrogens (tertiary/aromatic N) is 4. The maximum atomic E-state index is 12.0. The molecule has 1 aromatic rings. The maximum absolute atomic E-state index is 12.0. The van der Waals surface area contributed by atoms with Crippen LogP contribution in [-0.2, 0) is 14.7 Å². The molecule has 0 aromatic carbocycles. The fraction of sp³-hybridized carbons (Fsp3) is 0.364. The molecular weight excluding hydrogens is 316 g/mol. The third kappa shape index (κ3) is 2.61. The molecule has 11 heteroatoms. The largest absolute Gasteiger partial charge is 0.418 e. The highest BCUT2D eigenvalue weighted by molar-refractivity contribution is 7.80. The van der Waals surface area contributed by atoms with E-state index >= 15 is 0 Å². The van der Waals surface area contributed by atoms with Crippen LogP contribution in [-0.4, -0.2) is 63.7 Å². The minimum Gasteiger partial charge on any atom is -0.314 e. The van der Waals surface area contributed by atoms with Gasteiger partial charge < -0.3 is 4.90 Å². The van der Waals surface area contributed by atoms with Gasteiger partial charge in [-0.3, -0.25) is 9.35 Å². The molecule has 0 aliphatic carbocycles. The van der Waals surface area contributed by atoms with Crippen molar-refractivity contribution in [2.45, 2.75) is 13.0 Å². The van der Waals surface area contributed by atoms with E-state index in [2.05, 4.69) is 9.38 Å². The van der Waals surface area contributed by atoms with Crippen LogP contribution in [0.3, 0.4) is 0 Å². The molecule has 0 spiro atoms. The molecule has 2 bridgehead atoms. The van der Waals surface area contributed by atoms with E-state index in [0.717, 1.165) is 0 Å². The molecule has 2 amide bonds. The first-order valence-electron chi connectivity index (χ1n) is 6.26. The summed E-state index contributed by atoms with van der Waals surface area (Å²) in [6.45, 7) is 1.83. The van der Waals surface area contributed by atoms with E-state index in [9.17, 15) is 18.0 Å². The van der Waals surface area contributed by atoms with Crippen LogP contribution in [0.4, 0.5) is 4.79 Å². The number of ketones is 1. The lowest BCUT2D eigenvalue weighted by molar-refractivity contribution is -0.0183. The zero-order chi connectivity index (χ0) is 16.1. The summed E-state index contributed by atoms with van der Waals surface area (Å²) in [7, 11) is -4.79. The molecule has 1 N–H and O–H groups in total. The van der Waals surface area contributed by atoms with Crippen molar-refractivity contribution in [2.24, 2.45) is 0 Å². The third-order valence-corrected chi connectivity index (χ3v) is 3.71. The first-order chi connectivity index (χ1) is 10.2. The van der Waals surface area contributed by atoms with Crippen molar-refractivity contribution in [3.8, 4) is 0 Å². The predicted molar refractivity (Wildman–Crippen MR) is 71.7 cm³/mol. The molecule has 1 fully saturated rings. The number of hydroxylamine groups is 2. The van der Waals surface area contributed by atoms with Gasteiger partial charge in [-0.15, -0.1) is 4.28 Å². The lowest BCUT2D eigenvalue weighted by Crippen LogP contribution is -2.35. The van der Waals surface area contributed by atoms with Crippen molar-refractivity contribution in [3.05, 3.63) is 24.0 Å². The van der Waals surface area contributed by atoms with E-state index in [1.165, 1.54) is 28.9 Å². The van der Waals surface area contributed by atoms with Crippen molar-refractivity contribution in [2.75, 3.05) is 13.1 Å². The number of Topliss-reactive ketones (excluding diaryl/α,β-unsaturated/α-hetero) is 1. The Morgan fingerprint density at radius 3 is 2.82 bits per heavy atom. The summed E-state index contributed by atoms with van der Waals surface area (Å²) in [4.78, 5) is 24.6. The predicted octanol–water partition coefficient (Wildman–Crippen LogP) is -0.219. The molecule has 1 aromatic heterocycles. The molecule has 22 heavy (non-hydrogen) atoms. The van der Waals surface area contributed by atoms with Crippen LogP contribution in [0.5, 0.6) is 0 Å². The van der Waals surface area contributed by atoms with Gasteiger partial charge in [0.15, 0.2) is 5.78 Å². The monoisotopic (exact) mass is 328 g/mol. The maximum Gasteiger partial charge on any atom is 0.418 e. The van der Waals surface area contributed by atoms with E-state index in [1.54, 1.807) is 6.08 Å². The van der Waals surface area contributed by atoms with Crippen LogP contribution >= 0.6 is 0 Å². The molecule has 10 nitrogen and oxygen atoms in total. The number of rotatable bonds is 4. The summed E-state index contributed by atoms with van der Waals surface area (Å²) >= 11 is 0. The average molecular weight is 328 g/mol. The highest BCUT2D eigenvalue weighted by Crippen LogP contribution is 2.27. The molecule has 2 aliphatic heterocycles. The van der Waals surface area contributed by atoms with Gasteiger partial charge in [0, 0.05) is 12.7 Å². The Hall–Kier alpha value is -2.24. The van der Waals surface area contributed by atoms with Gasteiger partial charge in [0.25, 0.3) is 0 Å². The smallest absolute Gasteiger partial charge is 0.314 e. The average Bonchev–Trinajstić information content (AvgIpc) is 2.98. The second-order valence-corrected chi connectivity index (χ2v) is 5.95. The summed E-state index contributed by atoms with van der Waals surface area (Å²) in [6, 6.07) is -1.35. The third-order valence-electron chi connectivity index (χ3n) is 3.36. The van der Waals surface area contributed by atoms with Gasteiger partial charge in [-0.1, -0.05) is 0 Å². The number of carbonyl (C=O) groups is 2. The summed E-state index contributed by atoms with van der Waals surface area (Å²) < 4.78 is 36.1. The van der Waals surface area contributed by atoms with Crippen LogP contribution < -0.4 is 0 Å². The Balaban J connectivity index is 1.89. The number of hydrogen-bond donors (Lipinski definition) is 1. The van der Waals surface area contributed by atoms with Gasteiger partial charge in [-0.25, -0.2) is 9.48 Å². The highest BCUT2D eigenvalue weighted by Gasteiger charge is 2.43. The standard InChI is InChI=1S/C11H12N4O6S/c1-7(16)8-3-12-14(4-8)9-2-10-6-13(5-9)11(17)15(10)21-22(18,19)20/h2-4,10H,5-6H2,1H3,(H,18,19,20). The lowest BCUT2D eigenvalue weighted by Gasteiger charge is -2.20. The van der Waals surface area contributed by atoms with Crippen molar-refractivity contribution in [1.29, 1.82) is 0 Å². The van der Waals surface area contributed by atoms with Crippen molar-refractivity contribution in [3.63, 3.8) is 0 Å². The minimum atomic E-state index is -4.79. The summed E-state index contributed by atoms with van der Waals surface area (Å²) in [5, 5.41) is 4.64. The molecular formula is C11H12N4O6S. The number of carbonyl (C=O) groups excluding carboxylic acids is 2. The number of aromatic nitrogens is 2. The van der Waals surface area contributed by atoms with E-state index in [4.69, 9.17) is 4.55 Å². The number of hydrogen-bond acceptors (Lipinski definition) is 6. The lowest BCUT2D eigenvalue weighted by atomic mass is 10.2.